The number of nitrogens with zero attached hydrogens (tertiary/aromatic N) is 2. The van der Waals surface area contributed by atoms with Gasteiger partial charge < -0.3 is 15.2 Å². The lowest BCUT2D eigenvalue weighted by molar-refractivity contribution is 0.0644. The molecule has 0 amide bonds. The molecule has 16 heavy (non-hydrogen) atoms. The Kier molecular flexibility index (Phi) is 5.43. The zero-order valence-electron chi connectivity index (χ0n) is 9.18. The first-order valence-electron chi connectivity index (χ1n) is 4.99. The highest BCUT2D eigenvalue weighted by Crippen LogP contribution is 2.02. The second-order valence-electron chi connectivity index (χ2n) is 3.36. The first kappa shape index (κ1) is 12.6. The van der Waals surface area contributed by atoms with Gasteiger partial charge in [-0.1, -0.05) is 6.07 Å². The number of rotatable bonds is 6. The number of aliphatic hydroxyl groups excluding tert-OH is 1. The molecule has 0 aliphatic carbocycles. The van der Waals surface area contributed by atoms with Gasteiger partial charge in [-0.3, -0.25) is 0 Å². The molecule has 1 atom stereocenters. The van der Waals surface area contributed by atoms with E-state index in [2.05, 4.69) is 10.3 Å². The third kappa shape index (κ3) is 3.95. The number of hydrogen-bond acceptors (Lipinski definition) is 5. The van der Waals surface area contributed by atoms with E-state index >= 15 is 0 Å². The van der Waals surface area contributed by atoms with Gasteiger partial charge in [0.05, 0.1) is 12.7 Å². The van der Waals surface area contributed by atoms with E-state index in [0.29, 0.717) is 25.4 Å². The van der Waals surface area contributed by atoms with Crippen LogP contribution in [0.1, 0.15) is 11.3 Å². The van der Waals surface area contributed by atoms with Crippen LogP contribution in [0.4, 0.5) is 0 Å². The summed E-state index contributed by atoms with van der Waals surface area (Å²) in [6, 6.07) is 5.64. The Morgan fingerprint density at radius 2 is 2.50 bits per heavy atom. The van der Waals surface area contributed by atoms with E-state index in [0.717, 1.165) is 5.56 Å². The molecule has 0 bridgehead atoms. The molecule has 0 aromatic carbocycles. The molecular weight excluding hydrogens is 206 g/mol. The highest BCUT2D eigenvalue weighted by atomic mass is 16.5. The van der Waals surface area contributed by atoms with Crippen LogP contribution >= 0.6 is 0 Å². The second-order valence-corrected chi connectivity index (χ2v) is 3.36. The molecule has 1 aromatic rings. The number of ether oxygens (including phenoxy) is 1. The van der Waals surface area contributed by atoms with Crippen molar-refractivity contribution < 1.29 is 9.84 Å². The van der Waals surface area contributed by atoms with Gasteiger partial charge in [-0.25, -0.2) is 4.98 Å². The first-order valence-corrected chi connectivity index (χ1v) is 4.99. The summed E-state index contributed by atoms with van der Waals surface area (Å²) >= 11 is 0. The molecule has 86 valence electrons. The summed E-state index contributed by atoms with van der Waals surface area (Å²) in [5.74, 6) is 0. The quantitative estimate of drug-likeness (QED) is 0.709. The van der Waals surface area contributed by atoms with Gasteiger partial charge in [0.1, 0.15) is 11.8 Å². The van der Waals surface area contributed by atoms with Crippen molar-refractivity contribution in [2.45, 2.75) is 12.6 Å². The SMILES string of the molecule is COCC(O)CNCc1cccnc1C#N. The Hall–Kier alpha value is -1.48. The Balaban J connectivity index is 2.40. The predicted octanol–water partition coefficient (Wildman–Crippen LogP) is 0.0502. The number of methoxy groups -OCH3 is 1. The van der Waals surface area contributed by atoms with Crippen LogP contribution in [0.15, 0.2) is 18.3 Å². The van der Waals surface area contributed by atoms with Gasteiger partial charge >= 0.3 is 0 Å². The minimum absolute atomic E-state index is 0.297. The lowest BCUT2D eigenvalue weighted by Crippen LogP contribution is -2.29. The van der Waals surface area contributed by atoms with Gasteiger partial charge in [-0.05, 0) is 6.07 Å². The molecule has 0 aliphatic rings. The summed E-state index contributed by atoms with van der Waals surface area (Å²) in [6.45, 7) is 1.23. The standard InChI is InChI=1S/C11H15N3O2/c1-16-8-10(15)7-13-6-9-3-2-4-14-11(9)5-12/h2-4,10,13,15H,6-8H2,1H3. The minimum Gasteiger partial charge on any atom is -0.389 e. The Morgan fingerprint density at radius 3 is 3.19 bits per heavy atom. The summed E-state index contributed by atoms with van der Waals surface area (Å²) in [5.41, 5.74) is 1.24. The molecule has 2 N–H and O–H groups in total. The zero-order chi connectivity index (χ0) is 11.8. The molecule has 5 heteroatoms. The van der Waals surface area contributed by atoms with E-state index < -0.39 is 6.10 Å². The first-order chi connectivity index (χ1) is 7.77. The molecule has 5 nitrogen and oxygen atoms in total. The summed E-state index contributed by atoms with van der Waals surface area (Å²) in [7, 11) is 1.54. The highest BCUT2D eigenvalue weighted by molar-refractivity contribution is 5.30. The molecule has 0 spiro atoms. The topological polar surface area (TPSA) is 78.2 Å². The highest BCUT2D eigenvalue weighted by Gasteiger charge is 2.04. The smallest absolute Gasteiger partial charge is 0.144 e. The van der Waals surface area contributed by atoms with Crippen LogP contribution in [0, 0.1) is 11.3 Å². The maximum atomic E-state index is 9.39. The number of nitriles is 1. The molecule has 0 saturated carbocycles. The molecule has 0 fully saturated rings. The van der Waals surface area contributed by atoms with Gasteiger partial charge in [-0.2, -0.15) is 5.26 Å². The maximum absolute atomic E-state index is 9.39. The molecule has 0 saturated heterocycles. The van der Waals surface area contributed by atoms with Crippen molar-refractivity contribution in [3.63, 3.8) is 0 Å². The largest absolute Gasteiger partial charge is 0.389 e. The summed E-state index contributed by atoms with van der Waals surface area (Å²) in [5, 5.41) is 21.2. The second kappa shape index (κ2) is 6.90. The lowest BCUT2D eigenvalue weighted by atomic mass is 10.2. The fourth-order valence-corrected chi connectivity index (χ4v) is 1.31. The van der Waals surface area contributed by atoms with Crippen LogP contribution in [0.25, 0.3) is 0 Å². The van der Waals surface area contributed by atoms with Crippen LogP contribution in [0.5, 0.6) is 0 Å². The Labute approximate surface area is 94.7 Å². The summed E-state index contributed by atoms with van der Waals surface area (Å²) < 4.78 is 4.80. The predicted molar refractivity (Wildman–Crippen MR) is 58.5 cm³/mol. The van der Waals surface area contributed by atoms with Crippen LogP contribution in [-0.2, 0) is 11.3 Å². The van der Waals surface area contributed by atoms with Crippen LogP contribution in [0.2, 0.25) is 0 Å². The fourth-order valence-electron chi connectivity index (χ4n) is 1.31. The monoisotopic (exact) mass is 221 g/mol. The van der Waals surface area contributed by atoms with Gasteiger partial charge in [-0.15, -0.1) is 0 Å². The van der Waals surface area contributed by atoms with E-state index in [1.807, 2.05) is 12.1 Å². The molecule has 0 radical (unpaired) electrons. The normalized spacial score (nSPS) is 12.1. The van der Waals surface area contributed by atoms with Gasteiger partial charge in [0.15, 0.2) is 0 Å². The molecular formula is C11H15N3O2. The average Bonchev–Trinajstić information content (AvgIpc) is 2.30. The van der Waals surface area contributed by atoms with Crippen molar-refractivity contribution in [1.82, 2.24) is 10.3 Å². The summed E-state index contributed by atoms with van der Waals surface area (Å²) in [4.78, 5) is 3.94. The van der Waals surface area contributed by atoms with Gasteiger partial charge in [0.25, 0.3) is 0 Å². The number of hydrogen-bond donors (Lipinski definition) is 2. The maximum Gasteiger partial charge on any atom is 0.144 e. The van der Waals surface area contributed by atoms with Crippen molar-refractivity contribution in [3.8, 4) is 6.07 Å². The van der Waals surface area contributed by atoms with E-state index in [4.69, 9.17) is 10.00 Å². The number of aliphatic hydroxyl groups is 1. The Morgan fingerprint density at radius 1 is 1.69 bits per heavy atom. The molecule has 1 unspecified atom stereocenters. The number of aromatic nitrogens is 1. The van der Waals surface area contributed by atoms with Gasteiger partial charge in [0, 0.05) is 32.0 Å². The molecule has 0 aliphatic heterocycles. The number of pyridine rings is 1. The Bertz CT molecular complexity index is 362. The summed E-state index contributed by atoms with van der Waals surface area (Å²) in [6.07, 6.45) is 1.05. The third-order valence-electron chi connectivity index (χ3n) is 2.05. The van der Waals surface area contributed by atoms with E-state index in [9.17, 15) is 5.11 Å². The lowest BCUT2D eigenvalue weighted by Gasteiger charge is -2.10. The van der Waals surface area contributed by atoms with Crippen molar-refractivity contribution in [2.24, 2.45) is 0 Å². The molecule has 1 rings (SSSR count). The van der Waals surface area contributed by atoms with E-state index in [1.165, 1.54) is 7.11 Å². The molecule has 1 heterocycles. The fraction of sp³-hybridized carbons (Fsp3) is 0.455. The minimum atomic E-state index is -0.535. The van der Waals surface area contributed by atoms with Crippen LogP contribution in [0.3, 0.4) is 0 Å². The van der Waals surface area contributed by atoms with Crippen LogP contribution in [-0.4, -0.2) is 36.5 Å². The van der Waals surface area contributed by atoms with Crippen molar-refractivity contribution in [3.05, 3.63) is 29.6 Å². The van der Waals surface area contributed by atoms with E-state index in [1.54, 1.807) is 12.3 Å². The van der Waals surface area contributed by atoms with Crippen molar-refractivity contribution in [1.29, 1.82) is 5.26 Å². The van der Waals surface area contributed by atoms with Crippen molar-refractivity contribution >= 4 is 0 Å². The average molecular weight is 221 g/mol. The zero-order valence-corrected chi connectivity index (χ0v) is 9.18. The number of nitrogens with one attached hydrogen (secondary N) is 1. The van der Waals surface area contributed by atoms with Crippen molar-refractivity contribution in [2.75, 3.05) is 20.3 Å². The molecule has 1 aromatic heterocycles. The van der Waals surface area contributed by atoms with Crippen LogP contribution < -0.4 is 5.32 Å². The third-order valence-corrected chi connectivity index (χ3v) is 2.05. The van der Waals surface area contributed by atoms with E-state index in [-0.39, 0.29) is 0 Å². The van der Waals surface area contributed by atoms with Gasteiger partial charge in [0.2, 0.25) is 0 Å².